The SMILES string of the molecule is C=CC(c1ccc(C(F)(F)F)cc1)n1nc(C(F)(F)F)c2c(=O)[nH]c(=O)[nH]c21. The first-order valence-corrected chi connectivity index (χ1v) is 7.55. The molecule has 0 aliphatic heterocycles. The molecule has 0 aliphatic carbocycles. The molecule has 2 heterocycles. The molecule has 0 spiro atoms. The van der Waals surface area contributed by atoms with Gasteiger partial charge in [-0.15, -0.1) is 6.58 Å². The number of nitrogens with zero attached hydrogens (tertiary/aromatic N) is 2. The lowest BCUT2D eigenvalue weighted by molar-refractivity contribution is -0.140. The van der Waals surface area contributed by atoms with Crippen LogP contribution in [-0.2, 0) is 12.4 Å². The van der Waals surface area contributed by atoms with Crippen LogP contribution in [0.2, 0.25) is 0 Å². The van der Waals surface area contributed by atoms with Crippen LogP contribution < -0.4 is 11.2 Å². The van der Waals surface area contributed by atoms with Gasteiger partial charge in [-0.2, -0.15) is 31.4 Å². The van der Waals surface area contributed by atoms with Crippen LogP contribution >= 0.6 is 0 Å². The molecule has 12 heteroatoms. The number of hydrogen-bond acceptors (Lipinski definition) is 3. The first-order chi connectivity index (χ1) is 12.9. The molecule has 0 aliphatic rings. The van der Waals surface area contributed by atoms with Gasteiger partial charge in [-0.25, -0.2) is 9.48 Å². The van der Waals surface area contributed by atoms with Gasteiger partial charge < -0.3 is 0 Å². The molecule has 3 aromatic rings. The number of aromatic amines is 2. The van der Waals surface area contributed by atoms with E-state index in [-0.39, 0.29) is 5.56 Å². The maximum Gasteiger partial charge on any atom is 0.436 e. The van der Waals surface area contributed by atoms with Crippen molar-refractivity contribution in [2.24, 2.45) is 0 Å². The van der Waals surface area contributed by atoms with Gasteiger partial charge >= 0.3 is 18.0 Å². The van der Waals surface area contributed by atoms with Gasteiger partial charge in [0.05, 0.1) is 11.6 Å². The predicted molar refractivity (Wildman–Crippen MR) is 85.8 cm³/mol. The van der Waals surface area contributed by atoms with Crippen LogP contribution in [0.5, 0.6) is 0 Å². The van der Waals surface area contributed by atoms with Gasteiger partial charge in [-0.3, -0.25) is 14.8 Å². The number of rotatable bonds is 3. The van der Waals surface area contributed by atoms with Gasteiger partial charge in [0, 0.05) is 0 Å². The van der Waals surface area contributed by atoms with Crippen LogP contribution in [0, 0.1) is 0 Å². The Labute approximate surface area is 151 Å². The van der Waals surface area contributed by atoms with E-state index in [1.54, 1.807) is 4.98 Å². The van der Waals surface area contributed by atoms with E-state index < -0.39 is 51.9 Å². The van der Waals surface area contributed by atoms with Crippen LogP contribution in [0.1, 0.15) is 22.9 Å². The maximum atomic E-state index is 13.3. The quantitative estimate of drug-likeness (QED) is 0.520. The zero-order chi connectivity index (χ0) is 20.9. The van der Waals surface area contributed by atoms with E-state index in [0.29, 0.717) is 4.68 Å². The molecule has 1 atom stereocenters. The van der Waals surface area contributed by atoms with Gasteiger partial charge in [0.1, 0.15) is 11.0 Å². The van der Waals surface area contributed by atoms with E-state index in [1.807, 2.05) is 0 Å². The molecule has 2 N–H and O–H groups in total. The first-order valence-electron chi connectivity index (χ1n) is 7.55. The summed E-state index contributed by atoms with van der Waals surface area (Å²) in [5.74, 6) is 0. The third-order valence-electron chi connectivity index (χ3n) is 3.93. The summed E-state index contributed by atoms with van der Waals surface area (Å²) in [5.41, 5.74) is -5.28. The normalized spacial score (nSPS) is 13.6. The van der Waals surface area contributed by atoms with Crippen molar-refractivity contribution in [3.8, 4) is 0 Å². The minimum absolute atomic E-state index is 0.113. The van der Waals surface area contributed by atoms with Gasteiger partial charge in [-0.1, -0.05) is 18.2 Å². The molecule has 1 aromatic carbocycles. The second kappa shape index (κ2) is 6.39. The van der Waals surface area contributed by atoms with Crippen molar-refractivity contribution in [1.82, 2.24) is 19.7 Å². The molecule has 3 rings (SSSR count). The molecule has 0 radical (unpaired) electrons. The highest BCUT2D eigenvalue weighted by Gasteiger charge is 2.39. The average Bonchev–Trinajstić information content (AvgIpc) is 2.95. The smallest absolute Gasteiger partial charge is 0.291 e. The summed E-state index contributed by atoms with van der Waals surface area (Å²) >= 11 is 0. The third kappa shape index (κ3) is 3.32. The Kier molecular flexibility index (Phi) is 4.44. The number of aromatic nitrogens is 4. The summed E-state index contributed by atoms with van der Waals surface area (Å²) in [6.07, 6.45) is -8.49. The van der Waals surface area contributed by atoms with Crippen LogP contribution in [0.4, 0.5) is 26.3 Å². The molecule has 6 nitrogen and oxygen atoms in total. The first kappa shape index (κ1) is 19.5. The topological polar surface area (TPSA) is 83.5 Å². The van der Waals surface area contributed by atoms with Crippen molar-refractivity contribution in [2.75, 3.05) is 0 Å². The van der Waals surface area contributed by atoms with Crippen LogP contribution in [0.15, 0.2) is 46.5 Å². The highest BCUT2D eigenvalue weighted by molar-refractivity contribution is 5.78. The van der Waals surface area contributed by atoms with Gasteiger partial charge in [0.2, 0.25) is 0 Å². The summed E-state index contributed by atoms with van der Waals surface area (Å²) in [5, 5.41) is 2.49. The molecular weight excluding hydrogens is 394 g/mol. The minimum Gasteiger partial charge on any atom is -0.291 e. The van der Waals surface area contributed by atoms with Gasteiger partial charge in [0.25, 0.3) is 5.56 Å². The van der Waals surface area contributed by atoms with Crippen LogP contribution in [0.3, 0.4) is 0 Å². The Morgan fingerprint density at radius 2 is 1.61 bits per heavy atom. The maximum absolute atomic E-state index is 13.3. The van der Waals surface area contributed by atoms with Gasteiger partial charge in [0.15, 0.2) is 5.69 Å². The molecule has 0 bridgehead atoms. The summed E-state index contributed by atoms with van der Waals surface area (Å²) < 4.78 is 78.7. The lowest BCUT2D eigenvalue weighted by Gasteiger charge is -2.16. The van der Waals surface area contributed by atoms with Crippen LogP contribution in [-0.4, -0.2) is 19.7 Å². The number of H-pyrrole nitrogens is 2. The van der Waals surface area contributed by atoms with Crippen molar-refractivity contribution >= 4 is 11.0 Å². The Morgan fingerprint density at radius 3 is 2.11 bits per heavy atom. The van der Waals surface area contributed by atoms with E-state index >= 15 is 0 Å². The molecule has 0 amide bonds. The predicted octanol–water partition coefficient (Wildman–Crippen LogP) is 3.23. The zero-order valence-electron chi connectivity index (χ0n) is 13.6. The molecule has 28 heavy (non-hydrogen) atoms. The minimum atomic E-state index is -5.01. The number of halogens is 6. The molecule has 0 saturated heterocycles. The molecule has 148 valence electrons. The summed E-state index contributed by atoms with van der Waals surface area (Å²) in [7, 11) is 0. The molecule has 0 fully saturated rings. The summed E-state index contributed by atoms with van der Waals surface area (Å²) in [4.78, 5) is 27.2. The lowest BCUT2D eigenvalue weighted by Crippen LogP contribution is -2.24. The molecular formula is C16H10F6N4O2. The highest BCUT2D eigenvalue weighted by atomic mass is 19.4. The summed E-state index contributed by atoms with van der Waals surface area (Å²) in [6, 6.07) is 2.40. The third-order valence-corrected chi connectivity index (χ3v) is 3.93. The van der Waals surface area contributed by atoms with Crippen LogP contribution in [0.25, 0.3) is 11.0 Å². The number of fused-ring (bicyclic) bond motifs is 1. The van der Waals surface area contributed by atoms with Crippen molar-refractivity contribution < 1.29 is 26.3 Å². The van der Waals surface area contributed by atoms with Crippen molar-refractivity contribution in [1.29, 1.82) is 0 Å². The van der Waals surface area contributed by atoms with Crippen molar-refractivity contribution in [3.05, 3.63) is 74.6 Å². The standard InChI is InChI=1S/C16H10F6N4O2/c1-2-9(7-3-5-8(6-4-7)15(17,18)19)26-12-10(11(25-26)16(20,21)22)13(27)24-14(28)23-12/h2-6,9H,1H2,(H2,23,24,27,28). The Balaban J connectivity index is 2.25. The van der Waals surface area contributed by atoms with Gasteiger partial charge in [-0.05, 0) is 17.7 Å². The fourth-order valence-corrected chi connectivity index (χ4v) is 2.72. The second-order valence-corrected chi connectivity index (χ2v) is 5.72. The van der Waals surface area contributed by atoms with Crippen molar-refractivity contribution in [2.45, 2.75) is 18.4 Å². The molecule has 2 aromatic heterocycles. The monoisotopic (exact) mass is 404 g/mol. The fraction of sp³-hybridized carbons (Fsp3) is 0.188. The number of hydrogen-bond donors (Lipinski definition) is 2. The fourth-order valence-electron chi connectivity index (χ4n) is 2.72. The number of benzene rings is 1. The van der Waals surface area contributed by atoms with E-state index in [1.165, 1.54) is 0 Å². The molecule has 0 saturated carbocycles. The zero-order valence-corrected chi connectivity index (χ0v) is 13.6. The van der Waals surface area contributed by atoms with E-state index in [2.05, 4.69) is 16.7 Å². The average molecular weight is 404 g/mol. The Morgan fingerprint density at radius 1 is 1.00 bits per heavy atom. The number of nitrogens with one attached hydrogen (secondary N) is 2. The van der Waals surface area contributed by atoms with E-state index in [9.17, 15) is 35.9 Å². The second-order valence-electron chi connectivity index (χ2n) is 5.72. The van der Waals surface area contributed by atoms with Crippen molar-refractivity contribution in [3.63, 3.8) is 0 Å². The number of allylic oxidation sites excluding steroid dienone is 1. The summed E-state index contributed by atoms with van der Waals surface area (Å²) in [6.45, 7) is 3.47. The lowest BCUT2D eigenvalue weighted by atomic mass is 10.0. The molecule has 1 unspecified atom stereocenters. The highest BCUT2D eigenvalue weighted by Crippen LogP contribution is 2.35. The van der Waals surface area contributed by atoms with E-state index in [4.69, 9.17) is 0 Å². The largest absolute Gasteiger partial charge is 0.436 e. The Bertz CT molecular complexity index is 1150. The number of alkyl halides is 6. The van der Waals surface area contributed by atoms with E-state index in [0.717, 1.165) is 30.3 Å². The Hall–Kier alpha value is -3.31.